The Bertz CT molecular complexity index is 1540. The van der Waals surface area contributed by atoms with Crippen LogP contribution in [0.3, 0.4) is 0 Å². The molecule has 0 bridgehead atoms. The van der Waals surface area contributed by atoms with Gasteiger partial charge in [-0.2, -0.15) is 0 Å². The predicted octanol–water partition coefficient (Wildman–Crippen LogP) is 6.77. The first-order chi connectivity index (χ1) is 25.5. The monoisotopic (exact) mass is 710 g/mol. The van der Waals surface area contributed by atoms with E-state index in [2.05, 4.69) is 6.58 Å². The van der Waals surface area contributed by atoms with Gasteiger partial charge in [0.15, 0.2) is 12.6 Å². The first-order valence-corrected chi connectivity index (χ1v) is 18.0. The van der Waals surface area contributed by atoms with Gasteiger partial charge in [-0.05, 0) is 36.1 Å². The molecule has 1 N–H and O–H groups in total. The van der Waals surface area contributed by atoms with Gasteiger partial charge in [0, 0.05) is 0 Å². The van der Waals surface area contributed by atoms with Gasteiger partial charge >= 0.3 is 0 Å². The highest BCUT2D eigenvalue weighted by molar-refractivity contribution is 5.16. The van der Waals surface area contributed by atoms with Crippen LogP contribution in [0.25, 0.3) is 0 Å². The van der Waals surface area contributed by atoms with Crippen LogP contribution in [0.2, 0.25) is 0 Å². The van der Waals surface area contributed by atoms with Gasteiger partial charge in [0.05, 0.1) is 45.2 Å². The Morgan fingerprint density at radius 3 is 1.33 bits per heavy atom. The lowest BCUT2D eigenvalue weighted by Crippen LogP contribution is -2.65. The third kappa shape index (κ3) is 10.2. The van der Waals surface area contributed by atoms with Gasteiger partial charge in [0.1, 0.15) is 36.6 Å². The van der Waals surface area contributed by atoms with Crippen molar-refractivity contribution in [2.45, 2.75) is 102 Å². The first kappa shape index (κ1) is 38.0. The minimum absolute atomic E-state index is 0.224. The van der Waals surface area contributed by atoms with Crippen LogP contribution in [0.4, 0.5) is 0 Å². The van der Waals surface area contributed by atoms with Crippen LogP contribution in [0.1, 0.15) is 36.1 Å². The van der Waals surface area contributed by atoms with Crippen molar-refractivity contribution in [1.82, 2.24) is 0 Å². The molecule has 0 saturated carbocycles. The van der Waals surface area contributed by atoms with Gasteiger partial charge < -0.3 is 43.0 Å². The summed E-state index contributed by atoms with van der Waals surface area (Å²) in [7, 11) is 0. The molecule has 9 nitrogen and oxygen atoms in total. The van der Waals surface area contributed by atoms with Gasteiger partial charge in [-0.3, -0.25) is 0 Å². The summed E-state index contributed by atoms with van der Waals surface area (Å²) in [6, 6.07) is 39.6. The molecule has 0 radical (unpaired) electrons. The van der Waals surface area contributed by atoms with Crippen LogP contribution >= 0.6 is 0 Å². The van der Waals surface area contributed by atoms with Gasteiger partial charge in [0.25, 0.3) is 0 Å². The molecule has 0 aromatic heterocycles. The molecule has 0 amide bonds. The van der Waals surface area contributed by atoms with Gasteiger partial charge in [-0.1, -0.05) is 127 Å². The second-order valence-electron chi connectivity index (χ2n) is 13.2. The maximum Gasteiger partial charge on any atom is 0.187 e. The quantitative estimate of drug-likeness (QED) is 0.119. The van der Waals surface area contributed by atoms with Crippen LogP contribution in [-0.4, -0.2) is 73.1 Å². The third-order valence-electron chi connectivity index (χ3n) is 9.31. The Hall–Kier alpha value is -3.74. The number of rotatable bonds is 17. The van der Waals surface area contributed by atoms with Crippen molar-refractivity contribution in [3.63, 3.8) is 0 Å². The van der Waals surface area contributed by atoms with E-state index < -0.39 is 61.4 Å². The summed E-state index contributed by atoms with van der Waals surface area (Å²) in [4.78, 5) is 0. The molecule has 4 aromatic rings. The van der Waals surface area contributed by atoms with Gasteiger partial charge in [-0.15, -0.1) is 6.58 Å². The molecule has 4 aromatic carbocycles. The number of aliphatic hydroxyl groups is 1. The maximum atomic E-state index is 11.4. The molecule has 2 fully saturated rings. The van der Waals surface area contributed by atoms with E-state index in [0.717, 1.165) is 22.3 Å². The number of hydrogen-bond donors (Lipinski definition) is 1. The topological polar surface area (TPSA) is 94.1 Å². The minimum atomic E-state index is -1.29. The summed E-state index contributed by atoms with van der Waals surface area (Å²) in [6.07, 6.45) is -5.81. The zero-order valence-corrected chi connectivity index (χ0v) is 29.9. The highest BCUT2D eigenvalue weighted by atomic mass is 16.7. The number of benzene rings is 4. The van der Waals surface area contributed by atoms with E-state index in [1.165, 1.54) is 0 Å². The van der Waals surface area contributed by atoms with Crippen molar-refractivity contribution in [3.05, 3.63) is 156 Å². The van der Waals surface area contributed by atoms with Crippen molar-refractivity contribution in [1.29, 1.82) is 0 Å². The molecule has 52 heavy (non-hydrogen) atoms. The van der Waals surface area contributed by atoms with Crippen molar-refractivity contribution < 1.29 is 43.0 Å². The molecule has 2 aliphatic heterocycles. The van der Waals surface area contributed by atoms with E-state index in [4.69, 9.17) is 37.9 Å². The maximum absolute atomic E-state index is 11.4. The molecule has 2 saturated heterocycles. The fraction of sp³-hybridized carbons (Fsp3) is 0.395. The molecule has 0 spiro atoms. The number of aliphatic hydroxyl groups excluding tert-OH is 1. The van der Waals surface area contributed by atoms with E-state index in [1.807, 2.05) is 135 Å². The molecule has 2 heterocycles. The normalized spacial score (nSPS) is 29.1. The van der Waals surface area contributed by atoms with Crippen molar-refractivity contribution in [3.8, 4) is 0 Å². The lowest BCUT2D eigenvalue weighted by molar-refractivity contribution is -0.367. The average Bonchev–Trinajstić information content (AvgIpc) is 3.17. The van der Waals surface area contributed by atoms with Crippen LogP contribution < -0.4 is 0 Å². The third-order valence-corrected chi connectivity index (χ3v) is 9.31. The molecule has 9 heteroatoms. The fourth-order valence-corrected chi connectivity index (χ4v) is 6.63. The SMILES string of the molecule is C=CCO[C@@H]1[C@@H](OCc2ccccc2)[C@H](C)O[C@@H](O[C@@H]2[C@@H](OCc3ccccc3)[C@H](C)O[C@@H](O)[C@@H]2OCc2ccccc2)[C@@H]1OCc1ccccc1. The molecule has 6 rings (SSSR count). The molecular formula is C43H50O9. The van der Waals surface area contributed by atoms with Crippen molar-refractivity contribution in [2.75, 3.05) is 6.61 Å². The summed E-state index contributed by atoms with van der Waals surface area (Å²) in [5, 5.41) is 11.4. The van der Waals surface area contributed by atoms with E-state index in [9.17, 15) is 5.11 Å². The average molecular weight is 711 g/mol. The fourth-order valence-electron chi connectivity index (χ4n) is 6.63. The summed E-state index contributed by atoms with van der Waals surface area (Å²) in [6.45, 7) is 9.13. The first-order valence-electron chi connectivity index (χ1n) is 18.0. The molecule has 0 unspecified atom stereocenters. The van der Waals surface area contributed by atoms with Crippen molar-refractivity contribution >= 4 is 0 Å². The van der Waals surface area contributed by atoms with E-state index in [1.54, 1.807) is 6.08 Å². The Morgan fingerprint density at radius 1 is 0.500 bits per heavy atom. The molecular weight excluding hydrogens is 660 g/mol. The van der Waals surface area contributed by atoms with Gasteiger partial charge in [-0.25, -0.2) is 0 Å². The standard InChI is InChI=1S/C43H50O9/c1-4-25-45-38-36(46-26-32-17-9-5-10-18-32)31(3)51-43(41(38)49-29-35-23-15-8-16-24-35)52-39-37(47-27-33-19-11-6-12-20-33)30(2)50-42(44)40(39)48-28-34-21-13-7-14-22-34/h4-24,30-31,36-44H,1,25-29H2,2-3H3/t30-,31-,36-,37-,38+,39+,40+,41+,42+,43-/m0/s1. The Balaban J connectivity index is 1.31. The number of hydrogen-bond acceptors (Lipinski definition) is 9. The molecule has 2 aliphatic rings. The zero-order valence-electron chi connectivity index (χ0n) is 29.9. The van der Waals surface area contributed by atoms with Crippen LogP contribution in [-0.2, 0) is 64.3 Å². The molecule has 10 atom stereocenters. The summed E-state index contributed by atoms with van der Waals surface area (Å²) in [5.74, 6) is 0. The molecule has 0 aliphatic carbocycles. The minimum Gasteiger partial charge on any atom is -0.368 e. The highest BCUT2D eigenvalue weighted by Crippen LogP contribution is 2.35. The predicted molar refractivity (Wildman–Crippen MR) is 196 cm³/mol. The Labute approximate surface area is 307 Å². The van der Waals surface area contributed by atoms with Gasteiger partial charge in [0.2, 0.25) is 0 Å². The van der Waals surface area contributed by atoms with E-state index in [-0.39, 0.29) is 19.8 Å². The Morgan fingerprint density at radius 2 is 0.885 bits per heavy atom. The smallest absolute Gasteiger partial charge is 0.187 e. The highest BCUT2D eigenvalue weighted by Gasteiger charge is 2.52. The molecule has 276 valence electrons. The Kier molecular flexibility index (Phi) is 14.2. The largest absolute Gasteiger partial charge is 0.368 e. The second kappa shape index (κ2) is 19.4. The van der Waals surface area contributed by atoms with E-state index in [0.29, 0.717) is 13.2 Å². The summed E-state index contributed by atoms with van der Waals surface area (Å²) >= 11 is 0. The zero-order chi connectivity index (χ0) is 36.1. The van der Waals surface area contributed by atoms with Crippen molar-refractivity contribution in [2.24, 2.45) is 0 Å². The summed E-state index contributed by atoms with van der Waals surface area (Å²) < 4.78 is 52.3. The second-order valence-corrected chi connectivity index (χ2v) is 13.2. The lowest BCUT2D eigenvalue weighted by atomic mass is 9.96. The van der Waals surface area contributed by atoms with E-state index >= 15 is 0 Å². The lowest BCUT2D eigenvalue weighted by Gasteiger charge is -2.49. The van der Waals surface area contributed by atoms with Crippen LogP contribution in [0.5, 0.6) is 0 Å². The number of ether oxygens (including phenoxy) is 8. The van der Waals surface area contributed by atoms with Crippen LogP contribution in [0.15, 0.2) is 134 Å². The summed E-state index contributed by atoms with van der Waals surface area (Å²) in [5.41, 5.74) is 3.94. The van der Waals surface area contributed by atoms with Crippen LogP contribution in [0, 0.1) is 0 Å².